The van der Waals surface area contributed by atoms with Crippen LogP contribution in [0.2, 0.25) is 5.02 Å². The molecule has 5 heteroatoms. The highest BCUT2D eigenvalue weighted by Gasteiger charge is 2.16. The van der Waals surface area contributed by atoms with E-state index in [1.807, 2.05) is 0 Å². The molecule has 1 heterocycles. The summed E-state index contributed by atoms with van der Waals surface area (Å²) in [4.78, 5) is 15.4. The van der Waals surface area contributed by atoms with Crippen molar-refractivity contribution in [1.29, 1.82) is 0 Å². The van der Waals surface area contributed by atoms with E-state index in [-0.39, 0.29) is 11.6 Å². The number of hydrogen-bond donors (Lipinski definition) is 1. The first-order valence-corrected chi connectivity index (χ1v) is 5.01. The summed E-state index contributed by atoms with van der Waals surface area (Å²) in [7, 11) is 1.54. The summed E-state index contributed by atoms with van der Waals surface area (Å²) in [6.45, 7) is 0. The lowest BCUT2D eigenvalue weighted by atomic mass is 10.1. The lowest BCUT2D eigenvalue weighted by molar-refractivity contribution is 0.0959. The number of amides is 1. The Bertz CT molecular complexity index is 505. The zero-order valence-corrected chi connectivity index (χ0v) is 9.28. The molecule has 0 fully saturated rings. The predicted octanol–water partition coefficient (Wildman–Crippen LogP) is 2.35. The monoisotopic (exact) mass is 236 g/mol. The number of nitrogens with zero attached hydrogens (tertiary/aromatic N) is 1. The fraction of sp³-hybridized carbons (Fsp3) is 0.0909. The summed E-state index contributed by atoms with van der Waals surface area (Å²) in [5.74, 6) is 0.162. The molecule has 1 N–H and O–H groups in total. The van der Waals surface area contributed by atoms with Crippen molar-refractivity contribution in [3.05, 3.63) is 41.4 Å². The number of oxazole rings is 1. The van der Waals surface area contributed by atoms with Gasteiger partial charge in [-0.2, -0.15) is 0 Å². The fourth-order valence-corrected chi connectivity index (χ4v) is 1.46. The molecule has 2 rings (SSSR count). The molecule has 0 spiro atoms. The number of rotatable bonds is 2. The van der Waals surface area contributed by atoms with Gasteiger partial charge < -0.3 is 9.73 Å². The topological polar surface area (TPSA) is 55.1 Å². The van der Waals surface area contributed by atoms with Gasteiger partial charge in [-0.25, -0.2) is 4.98 Å². The molecule has 1 amide bonds. The van der Waals surface area contributed by atoms with Gasteiger partial charge >= 0.3 is 0 Å². The molecule has 1 aromatic heterocycles. The van der Waals surface area contributed by atoms with Crippen molar-refractivity contribution in [3.8, 4) is 11.3 Å². The molecule has 0 aliphatic carbocycles. The average molecular weight is 237 g/mol. The van der Waals surface area contributed by atoms with Gasteiger partial charge in [0, 0.05) is 17.6 Å². The zero-order valence-electron chi connectivity index (χ0n) is 8.53. The van der Waals surface area contributed by atoms with Crippen LogP contribution in [0.3, 0.4) is 0 Å². The van der Waals surface area contributed by atoms with E-state index < -0.39 is 0 Å². The van der Waals surface area contributed by atoms with Crippen molar-refractivity contribution in [2.45, 2.75) is 0 Å². The Morgan fingerprint density at radius 2 is 2.06 bits per heavy atom. The Kier molecular flexibility index (Phi) is 2.92. The van der Waals surface area contributed by atoms with Gasteiger partial charge in [0.2, 0.25) is 0 Å². The first-order chi connectivity index (χ1) is 7.72. The van der Waals surface area contributed by atoms with E-state index in [9.17, 15) is 4.79 Å². The van der Waals surface area contributed by atoms with Crippen molar-refractivity contribution in [3.63, 3.8) is 0 Å². The number of carbonyl (C=O) groups excluding carboxylic acids is 1. The summed E-state index contributed by atoms with van der Waals surface area (Å²) < 4.78 is 5.20. The highest BCUT2D eigenvalue weighted by molar-refractivity contribution is 6.30. The van der Waals surface area contributed by atoms with Crippen LogP contribution in [0.15, 0.2) is 35.1 Å². The lowest BCUT2D eigenvalue weighted by Crippen LogP contribution is -2.18. The second kappa shape index (κ2) is 4.37. The highest BCUT2D eigenvalue weighted by Crippen LogP contribution is 2.24. The second-order valence-electron chi connectivity index (χ2n) is 3.12. The predicted molar refractivity (Wildman–Crippen MR) is 60.3 cm³/mol. The molecule has 0 saturated carbocycles. The summed E-state index contributed by atoms with van der Waals surface area (Å²) in [5, 5.41) is 3.13. The molecule has 2 aromatic rings. The van der Waals surface area contributed by atoms with E-state index >= 15 is 0 Å². The van der Waals surface area contributed by atoms with Gasteiger partial charge in [0.05, 0.1) is 0 Å². The van der Waals surface area contributed by atoms with Gasteiger partial charge in [-0.3, -0.25) is 4.79 Å². The van der Waals surface area contributed by atoms with Crippen LogP contribution >= 0.6 is 11.6 Å². The maximum absolute atomic E-state index is 11.5. The van der Waals surface area contributed by atoms with E-state index in [4.69, 9.17) is 16.0 Å². The smallest absolute Gasteiger partial charge is 0.273 e. The number of halogens is 1. The largest absolute Gasteiger partial charge is 0.443 e. The van der Waals surface area contributed by atoms with Crippen LogP contribution in [0.1, 0.15) is 10.5 Å². The van der Waals surface area contributed by atoms with Gasteiger partial charge in [-0.1, -0.05) is 11.6 Å². The van der Waals surface area contributed by atoms with Crippen LogP contribution in [-0.2, 0) is 0 Å². The van der Waals surface area contributed by atoms with Crippen molar-refractivity contribution in [2.75, 3.05) is 7.05 Å². The number of hydrogen-bond acceptors (Lipinski definition) is 3. The Labute approximate surface area is 97.2 Å². The van der Waals surface area contributed by atoms with Crippen molar-refractivity contribution < 1.29 is 9.21 Å². The third-order valence-corrected chi connectivity index (χ3v) is 2.37. The molecule has 4 nitrogen and oxygen atoms in total. The third kappa shape index (κ3) is 1.92. The number of nitrogens with one attached hydrogen (secondary N) is 1. The molecule has 0 unspecified atom stereocenters. The minimum absolute atomic E-state index is 0.268. The highest BCUT2D eigenvalue weighted by atomic mass is 35.5. The lowest BCUT2D eigenvalue weighted by Gasteiger charge is -2.00. The Balaban J connectivity index is 2.44. The SMILES string of the molecule is CNC(=O)c1ncoc1-c1ccc(Cl)cc1. The maximum Gasteiger partial charge on any atom is 0.273 e. The van der Waals surface area contributed by atoms with Crippen LogP contribution in [0.4, 0.5) is 0 Å². The van der Waals surface area contributed by atoms with Gasteiger partial charge in [-0.05, 0) is 24.3 Å². The molecular formula is C11H9ClN2O2. The molecule has 0 aliphatic rings. The van der Waals surface area contributed by atoms with Crippen molar-refractivity contribution in [1.82, 2.24) is 10.3 Å². The molecule has 0 radical (unpaired) electrons. The normalized spacial score (nSPS) is 10.1. The van der Waals surface area contributed by atoms with Gasteiger partial charge in [0.15, 0.2) is 17.8 Å². The Morgan fingerprint density at radius 3 is 2.69 bits per heavy atom. The van der Waals surface area contributed by atoms with Crippen LogP contribution in [0.5, 0.6) is 0 Å². The second-order valence-corrected chi connectivity index (χ2v) is 3.55. The molecule has 0 aliphatic heterocycles. The molecule has 16 heavy (non-hydrogen) atoms. The molecule has 82 valence electrons. The molecular weight excluding hydrogens is 228 g/mol. The van der Waals surface area contributed by atoms with Gasteiger partial charge in [-0.15, -0.1) is 0 Å². The number of carbonyl (C=O) groups is 1. The van der Waals surface area contributed by atoms with Crippen LogP contribution in [0, 0.1) is 0 Å². The molecule has 0 saturated heterocycles. The first-order valence-electron chi connectivity index (χ1n) is 4.64. The minimum Gasteiger partial charge on any atom is -0.443 e. The quantitative estimate of drug-likeness (QED) is 0.871. The van der Waals surface area contributed by atoms with Crippen molar-refractivity contribution in [2.24, 2.45) is 0 Å². The van der Waals surface area contributed by atoms with Gasteiger partial charge in [0.25, 0.3) is 5.91 Å². The van der Waals surface area contributed by atoms with E-state index in [1.54, 1.807) is 31.3 Å². The first kappa shape index (κ1) is 10.7. The maximum atomic E-state index is 11.5. The van der Waals surface area contributed by atoms with E-state index in [1.165, 1.54) is 6.39 Å². The number of benzene rings is 1. The summed E-state index contributed by atoms with van der Waals surface area (Å²) in [5.41, 5.74) is 1.03. The van der Waals surface area contributed by atoms with Crippen LogP contribution < -0.4 is 5.32 Å². The molecule has 0 bridgehead atoms. The van der Waals surface area contributed by atoms with E-state index in [0.29, 0.717) is 10.8 Å². The zero-order chi connectivity index (χ0) is 11.5. The average Bonchev–Trinajstić information content (AvgIpc) is 2.78. The Hall–Kier alpha value is -1.81. The summed E-state index contributed by atoms with van der Waals surface area (Å²) in [6, 6.07) is 7.00. The standard InChI is InChI=1S/C11H9ClN2O2/c1-13-11(15)9-10(16-6-14-9)7-2-4-8(12)5-3-7/h2-6H,1H3,(H,13,15). The number of aromatic nitrogens is 1. The molecule has 1 aromatic carbocycles. The van der Waals surface area contributed by atoms with Crippen LogP contribution in [0.25, 0.3) is 11.3 Å². The summed E-state index contributed by atoms with van der Waals surface area (Å²) in [6.07, 6.45) is 1.24. The minimum atomic E-state index is -0.279. The van der Waals surface area contributed by atoms with E-state index in [2.05, 4.69) is 10.3 Å². The van der Waals surface area contributed by atoms with Crippen molar-refractivity contribution >= 4 is 17.5 Å². The fourth-order valence-electron chi connectivity index (χ4n) is 1.33. The summed E-state index contributed by atoms with van der Waals surface area (Å²) >= 11 is 5.78. The van der Waals surface area contributed by atoms with Gasteiger partial charge in [0.1, 0.15) is 0 Å². The van der Waals surface area contributed by atoms with E-state index in [0.717, 1.165) is 5.56 Å². The van der Waals surface area contributed by atoms with Crippen LogP contribution in [-0.4, -0.2) is 17.9 Å². The molecule has 0 atom stereocenters. The Morgan fingerprint density at radius 1 is 1.38 bits per heavy atom. The third-order valence-electron chi connectivity index (χ3n) is 2.12.